The molecular weight excluding hydrogens is 426 g/mol. The van der Waals surface area contributed by atoms with Crippen molar-refractivity contribution in [1.82, 2.24) is 9.21 Å². The zero-order chi connectivity index (χ0) is 21.5. The second kappa shape index (κ2) is 7.67. The molecule has 0 aliphatic carbocycles. The lowest BCUT2D eigenvalue weighted by Gasteiger charge is -2.34. The molecule has 1 amide bonds. The number of nitrogens with zero attached hydrogens (tertiary/aromatic N) is 2. The highest BCUT2D eigenvalue weighted by Gasteiger charge is 2.33. The molecule has 2 aromatic rings. The van der Waals surface area contributed by atoms with Crippen LogP contribution in [0.25, 0.3) is 0 Å². The van der Waals surface area contributed by atoms with Crippen molar-refractivity contribution in [2.24, 2.45) is 0 Å². The maximum atomic E-state index is 13.8. The Labute approximate surface area is 161 Å². The van der Waals surface area contributed by atoms with Gasteiger partial charge in [-0.2, -0.15) is 4.31 Å². The number of carbonyl (C=O) groups is 1. The van der Waals surface area contributed by atoms with E-state index in [9.17, 15) is 39.6 Å². The zero-order valence-electron chi connectivity index (χ0n) is 14.4. The molecule has 0 bridgehead atoms. The Hall–Kier alpha value is -2.60. The van der Waals surface area contributed by atoms with Gasteiger partial charge in [-0.25, -0.2) is 34.8 Å². The SMILES string of the molecule is O=C(c1cc(F)c(F)c(F)c1F)N1CCN(S(=O)(=O)c2ccc(F)c(F)c2)CC1. The summed E-state index contributed by atoms with van der Waals surface area (Å²) < 4.78 is 106. The molecule has 0 saturated carbocycles. The van der Waals surface area contributed by atoms with Crippen molar-refractivity contribution >= 4 is 15.9 Å². The summed E-state index contributed by atoms with van der Waals surface area (Å²) in [5, 5.41) is 0. The lowest BCUT2D eigenvalue weighted by Crippen LogP contribution is -2.50. The van der Waals surface area contributed by atoms with Crippen LogP contribution >= 0.6 is 0 Å². The van der Waals surface area contributed by atoms with Gasteiger partial charge in [0.05, 0.1) is 10.5 Å². The fraction of sp³-hybridized carbons (Fsp3) is 0.235. The summed E-state index contributed by atoms with van der Waals surface area (Å²) >= 11 is 0. The van der Waals surface area contributed by atoms with E-state index in [1.165, 1.54) is 0 Å². The lowest BCUT2D eigenvalue weighted by atomic mass is 10.1. The van der Waals surface area contributed by atoms with Crippen LogP contribution in [0.3, 0.4) is 0 Å². The standard InChI is InChI=1S/C17H12F6N2O3S/c18-11-2-1-9(7-12(11)19)29(27,28)25-5-3-24(4-6-25)17(26)10-8-13(20)15(22)16(23)14(10)21/h1-2,7-8H,3-6H2. The minimum atomic E-state index is -4.20. The van der Waals surface area contributed by atoms with E-state index in [1.807, 2.05) is 0 Å². The van der Waals surface area contributed by atoms with Crippen molar-refractivity contribution in [3.05, 3.63) is 64.7 Å². The molecule has 2 aromatic carbocycles. The van der Waals surface area contributed by atoms with Gasteiger partial charge in [-0.05, 0) is 24.3 Å². The molecule has 0 atom stereocenters. The maximum Gasteiger partial charge on any atom is 0.257 e. The number of hydrogen-bond donors (Lipinski definition) is 0. The number of amides is 1. The Kier molecular flexibility index (Phi) is 5.59. The van der Waals surface area contributed by atoms with E-state index in [0.717, 1.165) is 15.3 Å². The number of hydrogen-bond acceptors (Lipinski definition) is 3. The number of piperazine rings is 1. The highest BCUT2D eigenvalue weighted by Crippen LogP contribution is 2.23. The van der Waals surface area contributed by atoms with Crippen LogP contribution in [-0.2, 0) is 10.0 Å². The first-order valence-electron chi connectivity index (χ1n) is 8.11. The van der Waals surface area contributed by atoms with Crippen molar-refractivity contribution in [3.63, 3.8) is 0 Å². The first-order chi connectivity index (χ1) is 13.5. The number of rotatable bonds is 3. The average Bonchev–Trinajstić information content (AvgIpc) is 2.70. The van der Waals surface area contributed by atoms with Crippen LogP contribution in [0.1, 0.15) is 10.4 Å². The van der Waals surface area contributed by atoms with Gasteiger partial charge in [0.1, 0.15) is 0 Å². The molecule has 156 valence electrons. The van der Waals surface area contributed by atoms with Gasteiger partial charge < -0.3 is 4.90 Å². The van der Waals surface area contributed by atoms with Crippen LogP contribution < -0.4 is 0 Å². The van der Waals surface area contributed by atoms with E-state index in [-0.39, 0.29) is 32.2 Å². The van der Waals surface area contributed by atoms with Crippen molar-refractivity contribution < 1.29 is 39.6 Å². The van der Waals surface area contributed by atoms with E-state index >= 15 is 0 Å². The number of carbonyl (C=O) groups excluding carboxylic acids is 1. The molecule has 1 saturated heterocycles. The predicted octanol–water partition coefficient (Wildman–Crippen LogP) is 2.67. The third-order valence-corrected chi connectivity index (χ3v) is 6.28. The molecule has 1 aliphatic heterocycles. The van der Waals surface area contributed by atoms with Gasteiger partial charge in [0.2, 0.25) is 10.0 Å². The molecule has 5 nitrogen and oxygen atoms in total. The van der Waals surface area contributed by atoms with Gasteiger partial charge in [0, 0.05) is 26.2 Å². The third-order valence-electron chi connectivity index (χ3n) is 4.39. The summed E-state index contributed by atoms with van der Waals surface area (Å²) in [5.41, 5.74) is -1.03. The van der Waals surface area contributed by atoms with E-state index in [1.54, 1.807) is 0 Å². The second-order valence-corrected chi connectivity index (χ2v) is 8.06. The van der Waals surface area contributed by atoms with Crippen molar-refractivity contribution in [2.75, 3.05) is 26.2 Å². The summed E-state index contributed by atoms with van der Waals surface area (Å²) in [5.74, 6) is -11.5. The molecule has 1 aliphatic rings. The molecule has 29 heavy (non-hydrogen) atoms. The summed E-state index contributed by atoms with van der Waals surface area (Å²) in [6.45, 7) is -1.13. The summed E-state index contributed by atoms with van der Waals surface area (Å²) in [6.07, 6.45) is 0. The highest BCUT2D eigenvalue weighted by molar-refractivity contribution is 7.89. The van der Waals surface area contributed by atoms with E-state index < -0.39 is 61.3 Å². The van der Waals surface area contributed by atoms with E-state index in [0.29, 0.717) is 12.1 Å². The molecular formula is C17H12F6N2O3S. The molecule has 0 unspecified atom stereocenters. The van der Waals surface area contributed by atoms with Crippen LogP contribution in [0, 0.1) is 34.9 Å². The van der Waals surface area contributed by atoms with Gasteiger partial charge in [0.25, 0.3) is 5.91 Å². The fourth-order valence-corrected chi connectivity index (χ4v) is 4.25. The zero-order valence-corrected chi connectivity index (χ0v) is 15.2. The molecule has 1 heterocycles. The normalized spacial score (nSPS) is 15.6. The van der Waals surface area contributed by atoms with Crippen molar-refractivity contribution in [3.8, 4) is 0 Å². The Balaban J connectivity index is 1.77. The number of sulfonamides is 1. The first kappa shape index (κ1) is 21.1. The summed E-state index contributed by atoms with van der Waals surface area (Å²) in [6, 6.07) is 2.27. The van der Waals surface area contributed by atoms with Gasteiger partial charge in [-0.15, -0.1) is 0 Å². The highest BCUT2D eigenvalue weighted by atomic mass is 32.2. The van der Waals surface area contributed by atoms with Crippen molar-refractivity contribution in [2.45, 2.75) is 4.90 Å². The van der Waals surface area contributed by atoms with E-state index in [4.69, 9.17) is 0 Å². The monoisotopic (exact) mass is 438 g/mol. The minimum absolute atomic E-state index is 0.223. The van der Waals surface area contributed by atoms with Gasteiger partial charge in [-0.1, -0.05) is 0 Å². The minimum Gasteiger partial charge on any atom is -0.336 e. The van der Waals surface area contributed by atoms with Gasteiger partial charge in [-0.3, -0.25) is 4.79 Å². The molecule has 3 rings (SSSR count). The molecule has 1 fully saturated rings. The van der Waals surface area contributed by atoms with Crippen LogP contribution in [0.4, 0.5) is 26.3 Å². The topological polar surface area (TPSA) is 57.7 Å². The lowest BCUT2D eigenvalue weighted by molar-refractivity contribution is 0.0691. The van der Waals surface area contributed by atoms with Gasteiger partial charge >= 0.3 is 0 Å². The number of halogens is 6. The van der Waals surface area contributed by atoms with Crippen molar-refractivity contribution in [1.29, 1.82) is 0 Å². The van der Waals surface area contributed by atoms with Crippen LogP contribution in [0.2, 0.25) is 0 Å². The third kappa shape index (κ3) is 3.81. The quantitative estimate of drug-likeness (QED) is 0.421. The maximum absolute atomic E-state index is 13.8. The Morgan fingerprint density at radius 2 is 1.38 bits per heavy atom. The second-order valence-electron chi connectivity index (χ2n) is 6.12. The largest absolute Gasteiger partial charge is 0.336 e. The van der Waals surface area contributed by atoms with Crippen LogP contribution in [-0.4, -0.2) is 49.7 Å². The van der Waals surface area contributed by atoms with Gasteiger partial charge in [0.15, 0.2) is 34.9 Å². The Morgan fingerprint density at radius 1 is 0.759 bits per heavy atom. The molecule has 12 heteroatoms. The van der Waals surface area contributed by atoms with E-state index in [2.05, 4.69) is 0 Å². The molecule has 0 spiro atoms. The summed E-state index contributed by atoms with van der Waals surface area (Å²) in [7, 11) is -4.20. The molecule has 0 N–H and O–H groups in total. The smallest absolute Gasteiger partial charge is 0.257 e. The fourth-order valence-electron chi connectivity index (χ4n) is 2.82. The number of benzene rings is 2. The van der Waals surface area contributed by atoms with Crippen LogP contribution in [0.5, 0.6) is 0 Å². The predicted molar refractivity (Wildman–Crippen MR) is 87.3 cm³/mol. The molecule has 0 aromatic heterocycles. The summed E-state index contributed by atoms with van der Waals surface area (Å²) in [4.78, 5) is 12.8. The Bertz CT molecular complexity index is 1090. The Morgan fingerprint density at radius 3 is 1.97 bits per heavy atom. The average molecular weight is 438 g/mol. The first-order valence-corrected chi connectivity index (χ1v) is 9.55. The van der Waals surface area contributed by atoms with Crippen LogP contribution in [0.15, 0.2) is 29.2 Å². The molecule has 0 radical (unpaired) electrons.